The van der Waals surface area contributed by atoms with Crippen molar-refractivity contribution in [2.24, 2.45) is 0 Å². The Bertz CT molecular complexity index is 961. The van der Waals surface area contributed by atoms with E-state index < -0.39 is 12.0 Å². The highest BCUT2D eigenvalue weighted by Crippen LogP contribution is 2.34. The molecule has 3 rings (SSSR count). The Hall–Kier alpha value is -3.23. The molecule has 0 saturated carbocycles. The van der Waals surface area contributed by atoms with Crippen LogP contribution < -0.4 is 9.64 Å². The second-order valence-electron chi connectivity index (χ2n) is 8.42. The lowest BCUT2D eigenvalue weighted by Crippen LogP contribution is -2.50. The van der Waals surface area contributed by atoms with Crippen molar-refractivity contribution < 1.29 is 32.2 Å². The summed E-state index contributed by atoms with van der Waals surface area (Å²) in [4.78, 5) is 27.3. The van der Waals surface area contributed by atoms with E-state index in [-0.39, 0.29) is 11.8 Å². The average Bonchev–Trinajstić information content (AvgIpc) is 2.71. The van der Waals surface area contributed by atoms with E-state index in [0.717, 1.165) is 12.0 Å². The SMILES string of the molecule is CC(C)(C)OC(=O)N1CCN(c2ccc(C=O)cc2-c2ccc(OC(F)(F)F)cc2)CC1. The van der Waals surface area contributed by atoms with Crippen LogP contribution in [0, 0.1) is 0 Å². The summed E-state index contributed by atoms with van der Waals surface area (Å²) in [6.45, 7) is 7.45. The van der Waals surface area contributed by atoms with Gasteiger partial charge in [0, 0.05) is 43.0 Å². The number of amides is 1. The highest BCUT2D eigenvalue weighted by Gasteiger charge is 2.31. The minimum absolute atomic E-state index is 0.319. The molecule has 9 heteroatoms. The lowest BCUT2D eigenvalue weighted by Gasteiger charge is -2.37. The Balaban J connectivity index is 1.80. The number of hydrogen-bond donors (Lipinski definition) is 0. The lowest BCUT2D eigenvalue weighted by atomic mass is 10.00. The number of nitrogens with zero attached hydrogens (tertiary/aromatic N) is 2. The summed E-state index contributed by atoms with van der Waals surface area (Å²) in [6.07, 6.45) is -4.42. The van der Waals surface area contributed by atoms with Crippen LogP contribution >= 0.6 is 0 Å². The highest BCUT2D eigenvalue weighted by molar-refractivity contribution is 5.86. The summed E-state index contributed by atoms with van der Waals surface area (Å²) in [5, 5.41) is 0. The molecule has 1 fully saturated rings. The third kappa shape index (κ3) is 6.15. The zero-order chi connectivity index (χ0) is 23.5. The molecule has 0 aliphatic carbocycles. The van der Waals surface area contributed by atoms with Crippen molar-refractivity contribution in [3.63, 3.8) is 0 Å². The van der Waals surface area contributed by atoms with Crippen molar-refractivity contribution in [3.05, 3.63) is 48.0 Å². The minimum Gasteiger partial charge on any atom is -0.444 e. The van der Waals surface area contributed by atoms with Crippen LogP contribution in [0.4, 0.5) is 23.7 Å². The number of aldehydes is 1. The smallest absolute Gasteiger partial charge is 0.444 e. The van der Waals surface area contributed by atoms with Crippen molar-refractivity contribution in [1.29, 1.82) is 0 Å². The summed E-state index contributed by atoms with van der Waals surface area (Å²) in [5.74, 6) is -0.319. The number of halogens is 3. The average molecular weight is 450 g/mol. The summed E-state index contributed by atoms with van der Waals surface area (Å²) in [5.41, 5.74) is 2.05. The Labute approximate surface area is 184 Å². The number of rotatable bonds is 4. The molecule has 0 bridgehead atoms. The summed E-state index contributed by atoms with van der Waals surface area (Å²) in [6, 6.07) is 10.7. The molecule has 32 heavy (non-hydrogen) atoms. The molecular weight excluding hydrogens is 425 g/mol. The molecule has 1 heterocycles. The van der Waals surface area contributed by atoms with Gasteiger partial charge in [-0.15, -0.1) is 13.2 Å². The number of hydrogen-bond acceptors (Lipinski definition) is 5. The van der Waals surface area contributed by atoms with Gasteiger partial charge in [0.2, 0.25) is 0 Å². The third-order valence-electron chi connectivity index (χ3n) is 4.83. The van der Waals surface area contributed by atoms with Crippen LogP contribution in [-0.4, -0.2) is 55.4 Å². The van der Waals surface area contributed by atoms with E-state index in [9.17, 15) is 22.8 Å². The van der Waals surface area contributed by atoms with Gasteiger partial charge >= 0.3 is 12.5 Å². The summed E-state index contributed by atoms with van der Waals surface area (Å²) in [7, 11) is 0. The number of alkyl halides is 3. The van der Waals surface area contributed by atoms with E-state index in [4.69, 9.17) is 4.74 Å². The maximum absolute atomic E-state index is 12.4. The molecule has 0 atom stereocenters. The van der Waals surface area contributed by atoms with Crippen LogP contribution in [0.1, 0.15) is 31.1 Å². The standard InChI is InChI=1S/C23H25F3N2O4/c1-22(2,3)32-21(30)28-12-10-27(11-13-28)20-9-4-16(15-29)14-19(20)17-5-7-18(8-6-17)31-23(24,25)26/h4-9,14-15H,10-13H2,1-3H3. The molecule has 0 unspecified atom stereocenters. The molecule has 6 nitrogen and oxygen atoms in total. The van der Waals surface area contributed by atoms with Crippen LogP contribution in [-0.2, 0) is 4.74 Å². The van der Waals surface area contributed by atoms with Gasteiger partial charge in [0.25, 0.3) is 0 Å². The molecule has 1 saturated heterocycles. The normalized spacial score (nSPS) is 14.8. The van der Waals surface area contributed by atoms with Crippen LogP contribution in [0.3, 0.4) is 0 Å². The largest absolute Gasteiger partial charge is 0.573 e. The van der Waals surface area contributed by atoms with Gasteiger partial charge in [-0.2, -0.15) is 0 Å². The Kier molecular flexibility index (Phi) is 6.66. The van der Waals surface area contributed by atoms with Gasteiger partial charge in [-0.25, -0.2) is 4.79 Å². The van der Waals surface area contributed by atoms with Gasteiger partial charge in [0.1, 0.15) is 17.6 Å². The molecule has 0 N–H and O–H groups in total. The maximum atomic E-state index is 12.4. The van der Waals surface area contributed by atoms with E-state index in [0.29, 0.717) is 42.9 Å². The van der Waals surface area contributed by atoms with Gasteiger partial charge in [-0.05, 0) is 56.7 Å². The van der Waals surface area contributed by atoms with Crippen LogP contribution in [0.25, 0.3) is 11.1 Å². The van der Waals surface area contributed by atoms with Crippen LogP contribution in [0.15, 0.2) is 42.5 Å². The zero-order valence-corrected chi connectivity index (χ0v) is 18.1. The second-order valence-corrected chi connectivity index (χ2v) is 8.42. The molecule has 0 spiro atoms. The van der Waals surface area contributed by atoms with Crippen molar-refractivity contribution in [2.75, 3.05) is 31.1 Å². The van der Waals surface area contributed by atoms with Crippen molar-refractivity contribution >= 4 is 18.1 Å². The van der Waals surface area contributed by atoms with Crippen LogP contribution in [0.5, 0.6) is 5.75 Å². The first kappa shape index (κ1) is 23.4. The summed E-state index contributed by atoms with van der Waals surface area (Å²) >= 11 is 0. The number of ether oxygens (including phenoxy) is 2. The molecule has 172 valence electrons. The predicted octanol–water partition coefficient (Wildman–Crippen LogP) is 5.12. The van der Waals surface area contributed by atoms with E-state index in [2.05, 4.69) is 9.64 Å². The van der Waals surface area contributed by atoms with Crippen molar-refractivity contribution in [1.82, 2.24) is 4.90 Å². The zero-order valence-electron chi connectivity index (χ0n) is 18.1. The molecule has 0 aromatic heterocycles. The van der Waals surface area contributed by atoms with Gasteiger partial charge < -0.3 is 19.3 Å². The first-order valence-corrected chi connectivity index (χ1v) is 10.1. The fourth-order valence-electron chi connectivity index (χ4n) is 3.43. The number of anilines is 1. The van der Waals surface area contributed by atoms with Crippen molar-refractivity contribution in [2.45, 2.75) is 32.7 Å². The molecular formula is C23H25F3N2O4. The van der Waals surface area contributed by atoms with E-state index in [1.807, 2.05) is 26.8 Å². The quantitative estimate of drug-likeness (QED) is 0.605. The number of benzene rings is 2. The minimum atomic E-state index is -4.77. The maximum Gasteiger partial charge on any atom is 0.573 e. The van der Waals surface area contributed by atoms with Crippen LogP contribution in [0.2, 0.25) is 0 Å². The molecule has 1 aliphatic rings. The van der Waals surface area contributed by atoms with Gasteiger partial charge in [-0.3, -0.25) is 4.79 Å². The molecule has 2 aromatic carbocycles. The molecule has 0 radical (unpaired) electrons. The van der Waals surface area contributed by atoms with Crippen molar-refractivity contribution in [3.8, 4) is 16.9 Å². The Morgan fingerprint density at radius 2 is 1.59 bits per heavy atom. The molecule has 1 amide bonds. The fourth-order valence-corrected chi connectivity index (χ4v) is 3.43. The molecule has 2 aromatic rings. The monoisotopic (exact) mass is 450 g/mol. The number of carbonyl (C=O) groups excluding carboxylic acids is 2. The van der Waals surface area contributed by atoms with E-state index in [1.165, 1.54) is 24.3 Å². The summed E-state index contributed by atoms with van der Waals surface area (Å²) < 4.78 is 46.7. The fraction of sp³-hybridized carbons (Fsp3) is 0.391. The second kappa shape index (κ2) is 9.10. The first-order chi connectivity index (χ1) is 14.9. The van der Waals surface area contributed by atoms with E-state index in [1.54, 1.807) is 17.0 Å². The predicted molar refractivity (Wildman–Crippen MR) is 114 cm³/mol. The number of piperazine rings is 1. The van der Waals surface area contributed by atoms with E-state index >= 15 is 0 Å². The third-order valence-corrected chi connectivity index (χ3v) is 4.83. The lowest BCUT2D eigenvalue weighted by molar-refractivity contribution is -0.274. The van der Waals surface area contributed by atoms with Gasteiger partial charge in [-0.1, -0.05) is 12.1 Å². The highest BCUT2D eigenvalue weighted by atomic mass is 19.4. The number of carbonyl (C=O) groups is 2. The Morgan fingerprint density at radius 1 is 0.969 bits per heavy atom. The van der Waals surface area contributed by atoms with Gasteiger partial charge in [0.15, 0.2) is 0 Å². The first-order valence-electron chi connectivity index (χ1n) is 10.1. The van der Waals surface area contributed by atoms with Gasteiger partial charge in [0.05, 0.1) is 0 Å². The topological polar surface area (TPSA) is 59.1 Å². The molecule has 1 aliphatic heterocycles. The Morgan fingerprint density at radius 3 is 2.12 bits per heavy atom.